The van der Waals surface area contributed by atoms with Crippen molar-refractivity contribution in [1.82, 2.24) is 15.3 Å². The summed E-state index contributed by atoms with van der Waals surface area (Å²) < 4.78 is 81.7. The average molecular weight is 1290 g/mol. The third-order valence-corrected chi connectivity index (χ3v) is 17.4. The molecular weight excluding hydrogens is 1210 g/mol. The number of carbonyl (C=O) groups is 1. The second-order valence-electron chi connectivity index (χ2n) is 22.1. The molecule has 35 atom stereocenters. The fourth-order valence-corrected chi connectivity index (χ4v) is 12.4. The number of thioether (sulfide) groups is 1. The van der Waals surface area contributed by atoms with Crippen LogP contribution in [0.1, 0.15) is 12.6 Å². The van der Waals surface area contributed by atoms with Crippen LogP contribution in [0.25, 0.3) is 0 Å². The van der Waals surface area contributed by atoms with E-state index in [1.165, 1.54) is 19.4 Å². The lowest BCUT2D eigenvalue weighted by Crippen LogP contribution is -2.68. The van der Waals surface area contributed by atoms with Crippen LogP contribution in [-0.4, -0.2) is 379 Å². The van der Waals surface area contributed by atoms with E-state index in [-0.39, 0.29) is 30.4 Å². The zero-order chi connectivity index (χ0) is 62.9. The quantitative estimate of drug-likeness (QED) is 0.0864. The Morgan fingerprint density at radius 3 is 0.989 bits per heavy atom. The van der Waals surface area contributed by atoms with Gasteiger partial charge in [0.15, 0.2) is 44.0 Å². The van der Waals surface area contributed by atoms with Crippen LogP contribution in [0.4, 0.5) is 0 Å². The van der Waals surface area contributed by atoms with Gasteiger partial charge in [-0.05, 0) is 6.92 Å². The molecule has 0 aliphatic carbocycles. The molecule has 1 aromatic rings. The van der Waals surface area contributed by atoms with E-state index in [1.54, 1.807) is 0 Å². The van der Waals surface area contributed by atoms with E-state index in [0.717, 1.165) is 11.8 Å². The van der Waals surface area contributed by atoms with Crippen molar-refractivity contribution in [3.63, 3.8) is 0 Å². The standard InChI is InChI=1S/C49H79N3O34S/c1-13-36-22(59)29(66)43(73-13)81-37-15(6-53)75-45(31(68)24(37)61)83-39-17(8-55)76-46(32(69)25(39)62)84-40-18(9-56)78-48(34(71)27(40)64)86-42-20(11-87-3-2-51-21(58)4-14-5-50-12-52-14)79-49(35(72)28(42)65)85-41-19(10-57)77-47(33(70)26(41)63)82-38-16(7-54)74-44(80-36)30(67)23(38)60/h5,12-13,15-20,22-49,53-57,59-72H,2-4,6-11H2,1H3,(H,50,52)(H,51,58)/t13?,15?,16?,17?,18?,19?,20?,22-,23-,24-,25-,26-,27-,28-,29?,30?,31?,32?,33?,34?,35?,36+,37+,38+,39+,40+,41+,42+,43-,44-,45+,46+,47-,48+,49+/m1/s1. The minimum Gasteiger partial charge on any atom is -0.394 e. The lowest BCUT2D eigenvalue weighted by Gasteiger charge is -2.50. The Morgan fingerprint density at radius 2 is 0.690 bits per heavy atom. The molecular formula is C49H79N3O34S. The molecule has 1 amide bonds. The predicted octanol–water partition coefficient (Wildman–Crippen LogP) is -13.4. The molecule has 37 nitrogen and oxygen atoms in total. The average Bonchev–Trinajstić information content (AvgIpc) is 1.37. The smallest absolute Gasteiger partial charge is 0.226 e. The van der Waals surface area contributed by atoms with Gasteiger partial charge >= 0.3 is 0 Å². The molecule has 21 fully saturated rings. The van der Waals surface area contributed by atoms with Gasteiger partial charge in [0.2, 0.25) is 5.91 Å². The van der Waals surface area contributed by atoms with Gasteiger partial charge in [-0.15, -0.1) is 0 Å². The summed E-state index contributed by atoms with van der Waals surface area (Å²) >= 11 is 1.10. The highest BCUT2D eigenvalue weighted by Crippen LogP contribution is 2.39. The molecule has 22 rings (SSSR count). The molecule has 22 heterocycles. The Kier molecular flexibility index (Phi) is 24.0. The Bertz CT molecular complexity index is 2270. The number of hydrogen-bond donors (Lipinski definition) is 21. The third-order valence-electron chi connectivity index (χ3n) is 16.3. The molecule has 14 unspecified atom stereocenters. The summed E-state index contributed by atoms with van der Waals surface area (Å²) in [6.45, 7) is -3.73. The van der Waals surface area contributed by atoms with Gasteiger partial charge in [0.05, 0.1) is 58.0 Å². The van der Waals surface area contributed by atoms with Crippen LogP contribution < -0.4 is 5.32 Å². The largest absolute Gasteiger partial charge is 0.394 e. The van der Waals surface area contributed by atoms with Crippen molar-refractivity contribution in [3.05, 3.63) is 18.2 Å². The number of aromatic nitrogens is 2. The molecule has 87 heavy (non-hydrogen) atoms. The fraction of sp³-hybridized carbons (Fsp3) is 0.918. The number of aromatic amines is 1. The maximum atomic E-state index is 12.6. The van der Waals surface area contributed by atoms with Crippen molar-refractivity contribution in [3.8, 4) is 0 Å². The molecule has 21 saturated heterocycles. The molecule has 38 heteroatoms. The number of aliphatic hydroxyl groups excluding tert-OH is 19. The van der Waals surface area contributed by atoms with Gasteiger partial charge < -0.3 is 174 Å². The first-order valence-electron chi connectivity index (χ1n) is 28.1. The van der Waals surface area contributed by atoms with Crippen LogP contribution in [-0.2, 0) is 77.5 Å². The Hall–Kier alpha value is -2.29. The van der Waals surface area contributed by atoms with E-state index < -0.39 is 248 Å². The van der Waals surface area contributed by atoms with Crippen molar-refractivity contribution in [2.24, 2.45) is 0 Å². The maximum Gasteiger partial charge on any atom is 0.226 e. The second kappa shape index (κ2) is 30.2. The normalized spacial score (nSPS) is 50.3. The van der Waals surface area contributed by atoms with Crippen LogP contribution in [0.2, 0.25) is 0 Å². The molecule has 21 aliphatic rings. The summed E-state index contributed by atoms with van der Waals surface area (Å²) in [5, 5.41) is 216. The van der Waals surface area contributed by atoms with Gasteiger partial charge in [-0.25, -0.2) is 4.98 Å². The fourth-order valence-electron chi connectivity index (χ4n) is 11.5. The van der Waals surface area contributed by atoms with Gasteiger partial charge in [0.1, 0.15) is 159 Å². The van der Waals surface area contributed by atoms with E-state index in [0.29, 0.717) is 5.69 Å². The van der Waals surface area contributed by atoms with E-state index >= 15 is 0 Å². The number of hydrogen-bond acceptors (Lipinski definition) is 36. The minimum atomic E-state index is -2.20. The van der Waals surface area contributed by atoms with Crippen molar-refractivity contribution < 1.29 is 168 Å². The molecule has 0 radical (unpaired) electrons. The highest BCUT2D eigenvalue weighted by molar-refractivity contribution is 7.99. The van der Waals surface area contributed by atoms with Crippen LogP contribution in [0.3, 0.4) is 0 Å². The maximum absolute atomic E-state index is 12.6. The zero-order valence-corrected chi connectivity index (χ0v) is 47.0. The lowest BCUT2D eigenvalue weighted by molar-refractivity contribution is -0.395. The summed E-state index contributed by atoms with van der Waals surface area (Å²) in [6.07, 6.45) is -65.0. The molecule has 500 valence electrons. The minimum absolute atomic E-state index is 0.0264. The number of imidazole rings is 1. The number of nitrogens with zero attached hydrogens (tertiary/aromatic N) is 1. The zero-order valence-electron chi connectivity index (χ0n) is 46.2. The molecule has 0 aromatic carbocycles. The Balaban J connectivity index is 0.985. The summed E-state index contributed by atoms with van der Waals surface area (Å²) in [5.74, 6) is -0.388. The number of amides is 1. The van der Waals surface area contributed by atoms with Gasteiger partial charge in [-0.3, -0.25) is 4.79 Å². The van der Waals surface area contributed by atoms with Crippen molar-refractivity contribution in [1.29, 1.82) is 0 Å². The van der Waals surface area contributed by atoms with Crippen molar-refractivity contribution in [2.75, 3.05) is 51.1 Å². The molecule has 21 N–H and O–H groups in total. The van der Waals surface area contributed by atoms with Crippen molar-refractivity contribution in [2.45, 2.75) is 228 Å². The summed E-state index contributed by atoms with van der Waals surface area (Å²) in [5.41, 5.74) is 0.536. The first kappa shape index (κ1) is 69.1. The third kappa shape index (κ3) is 14.7. The van der Waals surface area contributed by atoms with Crippen molar-refractivity contribution >= 4 is 17.7 Å². The molecule has 0 spiro atoms. The number of rotatable bonds is 12. The highest BCUT2D eigenvalue weighted by Gasteiger charge is 2.59. The number of carbonyl (C=O) groups excluding carboxylic acids is 1. The van der Waals surface area contributed by atoms with Gasteiger partial charge in [-0.1, -0.05) is 0 Å². The topological polar surface area (TPSA) is 571 Å². The van der Waals surface area contributed by atoms with E-state index in [2.05, 4.69) is 15.3 Å². The lowest BCUT2D eigenvalue weighted by atomic mass is 9.95. The van der Waals surface area contributed by atoms with Crippen LogP contribution in [0.5, 0.6) is 0 Å². The van der Waals surface area contributed by atoms with Crippen LogP contribution in [0.15, 0.2) is 12.5 Å². The summed E-state index contributed by atoms with van der Waals surface area (Å²) in [7, 11) is 0. The van der Waals surface area contributed by atoms with E-state index in [9.17, 15) is 102 Å². The number of nitrogens with one attached hydrogen (secondary N) is 2. The highest BCUT2D eigenvalue weighted by atomic mass is 32.2. The van der Waals surface area contributed by atoms with Crippen LogP contribution in [0, 0.1) is 0 Å². The summed E-state index contributed by atoms with van der Waals surface area (Å²) in [6, 6.07) is 0. The monoisotopic (exact) mass is 1290 g/mol. The second-order valence-corrected chi connectivity index (χ2v) is 23.3. The Labute approximate surface area is 497 Å². The molecule has 1 aromatic heterocycles. The summed E-state index contributed by atoms with van der Waals surface area (Å²) in [4.78, 5) is 19.3. The van der Waals surface area contributed by atoms with E-state index in [4.69, 9.17) is 66.3 Å². The number of ether oxygens (including phenoxy) is 14. The van der Waals surface area contributed by atoms with Crippen LogP contribution >= 0.6 is 11.8 Å². The SMILES string of the molecule is CC1O[C@@H]2O[C@H]3C(CO)O[C@@H](O[C@H]4C(CO)O[C@@H](O[C@H]5C(CO)O[C@@H](O[C@H]6C(CSCCNC(=O)Cc7cnc[nH]7)O[C@@H](O[C@H]7C(CO)O[C@H](O[C@H]8C(CO)O[C@H](O[C@@H]1[C@H](O)C2O)C(O)[C@H]8O)C(O)[C@H]7O)C(O)[C@H]6O)C(O)[C@H]5O)C(O)[C@H]4O)C(O)[C@H]3O. The van der Waals surface area contributed by atoms with Gasteiger partial charge in [0.25, 0.3) is 0 Å². The first-order valence-corrected chi connectivity index (χ1v) is 29.2. The first-order chi connectivity index (χ1) is 41.5. The molecule has 0 saturated carbocycles. The van der Waals surface area contributed by atoms with Gasteiger partial charge in [0, 0.05) is 29.9 Å². The number of H-pyrrole nitrogens is 1. The van der Waals surface area contributed by atoms with Gasteiger partial charge in [-0.2, -0.15) is 11.8 Å². The molecule has 21 aliphatic heterocycles. The van der Waals surface area contributed by atoms with E-state index in [1.807, 2.05) is 0 Å². The number of aliphatic hydroxyl groups is 19. The molecule has 14 bridgehead atoms. The predicted molar refractivity (Wildman–Crippen MR) is 273 cm³/mol. The Morgan fingerprint density at radius 1 is 0.414 bits per heavy atom.